The molecule has 0 atom stereocenters. The van der Waals surface area contributed by atoms with E-state index in [1.807, 2.05) is 0 Å². The molecule has 0 saturated carbocycles. The molecule has 0 radical (unpaired) electrons. The number of carbonyl (C=O) groups is 1. The van der Waals surface area contributed by atoms with Crippen LogP contribution in [0.5, 0.6) is 5.75 Å². The highest BCUT2D eigenvalue weighted by Gasteiger charge is 2.26. The fourth-order valence-electron chi connectivity index (χ4n) is 3.76. The van der Waals surface area contributed by atoms with Crippen LogP contribution >= 0.6 is 0 Å². The highest BCUT2D eigenvalue weighted by molar-refractivity contribution is 7.92. The van der Waals surface area contributed by atoms with Gasteiger partial charge in [-0.15, -0.1) is 0 Å². The third-order valence-electron chi connectivity index (χ3n) is 5.25. The van der Waals surface area contributed by atoms with Crippen molar-refractivity contribution >= 4 is 49.1 Å². The first-order chi connectivity index (χ1) is 16.2. The third-order valence-corrected chi connectivity index (χ3v) is 6.62. The number of anilines is 1. The van der Waals surface area contributed by atoms with Gasteiger partial charge in [0, 0.05) is 22.2 Å². The molecule has 10 nitrogen and oxygen atoms in total. The smallest absolute Gasteiger partial charge is 0.342 e. The van der Waals surface area contributed by atoms with Crippen molar-refractivity contribution in [2.24, 2.45) is 0 Å². The predicted molar refractivity (Wildman–Crippen MR) is 125 cm³/mol. The summed E-state index contributed by atoms with van der Waals surface area (Å²) >= 11 is 0. The van der Waals surface area contributed by atoms with E-state index in [0.717, 1.165) is 6.07 Å². The zero-order valence-electron chi connectivity index (χ0n) is 18.4. The molecule has 1 aromatic heterocycles. The minimum atomic E-state index is -4.25. The lowest BCUT2D eigenvalue weighted by molar-refractivity contribution is -0.386. The second-order valence-electron chi connectivity index (χ2n) is 7.30. The van der Waals surface area contributed by atoms with Crippen molar-refractivity contribution in [3.05, 3.63) is 70.0 Å². The van der Waals surface area contributed by atoms with Crippen LogP contribution in [0.15, 0.2) is 57.8 Å². The Hall–Kier alpha value is -4.12. The van der Waals surface area contributed by atoms with Crippen molar-refractivity contribution in [3.63, 3.8) is 0 Å². The van der Waals surface area contributed by atoms with Gasteiger partial charge >= 0.3 is 11.7 Å². The Morgan fingerprint density at radius 2 is 1.82 bits per heavy atom. The van der Waals surface area contributed by atoms with Gasteiger partial charge in [0.2, 0.25) is 0 Å². The van der Waals surface area contributed by atoms with Gasteiger partial charge < -0.3 is 13.9 Å². The van der Waals surface area contributed by atoms with E-state index in [1.165, 1.54) is 25.3 Å². The van der Waals surface area contributed by atoms with Crippen molar-refractivity contribution < 1.29 is 32.0 Å². The van der Waals surface area contributed by atoms with E-state index < -0.39 is 26.6 Å². The first kappa shape index (κ1) is 23.1. The number of methoxy groups -OCH3 is 1. The first-order valence-electron chi connectivity index (χ1n) is 10.1. The number of hydrogen-bond acceptors (Lipinski definition) is 8. The second kappa shape index (κ2) is 8.67. The molecule has 1 heterocycles. The van der Waals surface area contributed by atoms with E-state index in [4.69, 9.17) is 13.9 Å². The Morgan fingerprint density at radius 3 is 2.47 bits per heavy atom. The minimum absolute atomic E-state index is 0.0660. The number of esters is 1. The Morgan fingerprint density at radius 1 is 1.12 bits per heavy atom. The van der Waals surface area contributed by atoms with E-state index in [1.54, 1.807) is 38.1 Å². The van der Waals surface area contributed by atoms with Gasteiger partial charge in [-0.2, -0.15) is 0 Å². The van der Waals surface area contributed by atoms with E-state index in [0.29, 0.717) is 27.5 Å². The summed E-state index contributed by atoms with van der Waals surface area (Å²) in [7, 11) is -2.99. The van der Waals surface area contributed by atoms with Crippen molar-refractivity contribution in [2.45, 2.75) is 18.7 Å². The zero-order chi connectivity index (χ0) is 24.6. The maximum Gasteiger partial charge on any atom is 0.342 e. The minimum Gasteiger partial charge on any atom is -0.490 e. The lowest BCUT2D eigenvalue weighted by Crippen LogP contribution is -2.14. The number of rotatable bonds is 7. The number of nitro benzene ring substituents is 1. The third kappa shape index (κ3) is 3.90. The number of furan rings is 1. The molecule has 0 amide bonds. The summed E-state index contributed by atoms with van der Waals surface area (Å²) in [5.74, 6) is -0.318. The maximum atomic E-state index is 13.2. The molecule has 0 aliphatic heterocycles. The Labute approximate surface area is 194 Å². The highest BCUT2D eigenvalue weighted by Crippen LogP contribution is 2.38. The van der Waals surface area contributed by atoms with Crippen LogP contribution < -0.4 is 9.46 Å². The average Bonchev–Trinajstić information content (AvgIpc) is 3.14. The number of carbonyl (C=O) groups excluding carboxylic acids is 1. The van der Waals surface area contributed by atoms with Gasteiger partial charge in [-0.1, -0.05) is 24.3 Å². The van der Waals surface area contributed by atoms with Crippen LogP contribution in [-0.4, -0.2) is 33.0 Å². The summed E-state index contributed by atoms with van der Waals surface area (Å²) in [5.41, 5.74) is 0.302. The molecule has 3 aromatic carbocycles. The number of fused-ring (bicyclic) bond motifs is 3. The Bertz CT molecular complexity index is 1560. The number of benzene rings is 3. The lowest BCUT2D eigenvalue weighted by atomic mass is 10.0. The number of aryl methyl sites for hydroxylation is 1. The summed E-state index contributed by atoms with van der Waals surface area (Å²) in [5, 5.41) is 12.8. The zero-order valence-corrected chi connectivity index (χ0v) is 19.3. The van der Waals surface area contributed by atoms with Crippen molar-refractivity contribution in [2.75, 3.05) is 18.4 Å². The van der Waals surface area contributed by atoms with Gasteiger partial charge in [-0.3, -0.25) is 14.8 Å². The number of nitro groups is 1. The van der Waals surface area contributed by atoms with Crippen LogP contribution in [0.25, 0.3) is 21.7 Å². The molecule has 11 heteroatoms. The second-order valence-corrected chi connectivity index (χ2v) is 8.98. The Balaban J connectivity index is 1.90. The summed E-state index contributed by atoms with van der Waals surface area (Å²) in [6.07, 6.45) is 0. The van der Waals surface area contributed by atoms with Gasteiger partial charge in [0.25, 0.3) is 10.0 Å². The van der Waals surface area contributed by atoms with E-state index in [2.05, 4.69) is 4.72 Å². The predicted octanol–water partition coefficient (Wildman–Crippen LogP) is 4.79. The molecule has 0 fully saturated rings. The number of nitrogens with one attached hydrogen (secondary N) is 1. The first-order valence-corrected chi connectivity index (χ1v) is 11.6. The molecule has 0 saturated heterocycles. The molecule has 0 unspecified atom stereocenters. The Kier molecular flexibility index (Phi) is 5.88. The van der Waals surface area contributed by atoms with Crippen molar-refractivity contribution in [3.8, 4) is 5.75 Å². The summed E-state index contributed by atoms with van der Waals surface area (Å²) in [4.78, 5) is 22.9. The molecule has 4 rings (SSSR count). The molecule has 34 heavy (non-hydrogen) atoms. The fraction of sp³-hybridized carbons (Fsp3) is 0.174. The standard InChI is InChI=1S/C23H20N2O8S/c1-4-32-23(26)21-13(2)33-22-16-8-6-5-7-15(16)18(12-17(21)22)24-34(29,30)14-9-10-20(31-3)19(11-14)25(27)28/h5-12,24H,4H2,1-3H3. The van der Waals surface area contributed by atoms with Crippen molar-refractivity contribution in [1.29, 1.82) is 0 Å². The van der Waals surface area contributed by atoms with Gasteiger partial charge in [-0.25, -0.2) is 13.2 Å². The molecule has 0 spiro atoms. The fourth-order valence-corrected chi connectivity index (χ4v) is 4.85. The molecule has 176 valence electrons. The monoisotopic (exact) mass is 484 g/mol. The lowest BCUT2D eigenvalue weighted by Gasteiger charge is -2.12. The molecule has 0 aliphatic rings. The van der Waals surface area contributed by atoms with E-state index in [9.17, 15) is 23.3 Å². The largest absolute Gasteiger partial charge is 0.490 e. The van der Waals surface area contributed by atoms with Crippen LogP contribution in [0.3, 0.4) is 0 Å². The van der Waals surface area contributed by atoms with Gasteiger partial charge in [-0.05, 0) is 32.0 Å². The van der Waals surface area contributed by atoms with E-state index >= 15 is 0 Å². The summed E-state index contributed by atoms with van der Waals surface area (Å²) in [6.45, 7) is 3.47. The molecular weight excluding hydrogens is 464 g/mol. The van der Waals surface area contributed by atoms with Crippen molar-refractivity contribution in [1.82, 2.24) is 0 Å². The van der Waals surface area contributed by atoms with Gasteiger partial charge in [0.15, 0.2) is 5.75 Å². The topological polar surface area (TPSA) is 138 Å². The quantitative estimate of drug-likeness (QED) is 0.224. The molecule has 0 aliphatic carbocycles. The molecular formula is C23H20N2O8S. The maximum absolute atomic E-state index is 13.2. The van der Waals surface area contributed by atoms with E-state index in [-0.39, 0.29) is 28.5 Å². The summed E-state index contributed by atoms with van der Waals surface area (Å²) in [6, 6.07) is 11.8. The van der Waals surface area contributed by atoms with Gasteiger partial charge in [0.1, 0.15) is 16.9 Å². The van der Waals surface area contributed by atoms with Crippen LogP contribution in [0.4, 0.5) is 11.4 Å². The van der Waals surface area contributed by atoms with Gasteiger partial charge in [0.05, 0.1) is 29.2 Å². The number of ether oxygens (including phenoxy) is 2. The number of sulfonamides is 1. The number of hydrogen-bond donors (Lipinski definition) is 1. The van der Waals surface area contributed by atoms with Crippen LogP contribution in [0.2, 0.25) is 0 Å². The SMILES string of the molecule is CCOC(=O)c1c(C)oc2c1cc(NS(=O)(=O)c1ccc(OC)c([N+](=O)[O-])c1)c1ccccc12. The average molecular weight is 484 g/mol. The number of nitrogens with zero attached hydrogens (tertiary/aromatic N) is 1. The summed E-state index contributed by atoms with van der Waals surface area (Å²) < 4.78 is 44.8. The van der Waals surface area contributed by atoms with Crippen LogP contribution in [0, 0.1) is 17.0 Å². The molecule has 0 bridgehead atoms. The normalized spacial score (nSPS) is 11.5. The highest BCUT2D eigenvalue weighted by atomic mass is 32.2. The molecule has 4 aromatic rings. The van der Waals surface area contributed by atoms with Crippen LogP contribution in [0.1, 0.15) is 23.0 Å². The molecule has 1 N–H and O–H groups in total. The van der Waals surface area contributed by atoms with Crippen LogP contribution in [-0.2, 0) is 14.8 Å².